The van der Waals surface area contributed by atoms with Crippen LogP contribution < -0.4 is 0 Å². The van der Waals surface area contributed by atoms with Crippen molar-refractivity contribution in [1.82, 2.24) is 0 Å². The summed E-state index contributed by atoms with van der Waals surface area (Å²) in [6.07, 6.45) is 11.8. The lowest BCUT2D eigenvalue weighted by atomic mass is 9.46. The van der Waals surface area contributed by atoms with Crippen LogP contribution >= 0.6 is 0 Å². The fourth-order valence-corrected chi connectivity index (χ4v) is 9.14. The van der Waals surface area contributed by atoms with Gasteiger partial charge in [-0.3, -0.25) is 0 Å². The lowest BCUT2D eigenvalue weighted by molar-refractivity contribution is -0.120. The molecular weight excluding hydrogens is 436 g/mol. The van der Waals surface area contributed by atoms with E-state index in [1.54, 1.807) is 13.8 Å². The van der Waals surface area contributed by atoms with Crippen molar-refractivity contribution in [3.63, 3.8) is 0 Å². The predicted octanol–water partition coefficient (Wildman–Crippen LogP) is 6.13. The number of ether oxygens (including phenoxy) is 1. The van der Waals surface area contributed by atoms with Gasteiger partial charge >= 0.3 is 0 Å². The zero-order chi connectivity index (χ0) is 25.8. The van der Waals surface area contributed by atoms with E-state index in [0.29, 0.717) is 23.2 Å². The van der Waals surface area contributed by atoms with Gasteiger partial charge in [0.2, 0.25) is 0 Å². The Morgan fingerprint density at radius 3 is 2.40 bits per heavy atom. The van der Waals surface area contributed by atoms with Gasteiger partial charge in [-0.1, -0.05) is 40.7 Å². The van der Waals surface area contributed by atoms with E-state index in [1.165, 1.54) is 31.3 Å². The number of rotatable bonds is 8. The van der Waals surface area contributed by atoms with Gasteiger partial charge < -0.3 is 20.1 Å². The number of allylic oxidation sites excluding steroid dienone is 1. The highest BCUT2D eigenvalue weighted by atomic mass is 16.5. The van der Waals surface area contributed by atoms with Crippen LogP contribution in [0.15, 0.2) is 11.6 Å². The molecule has 0 unspecified atom stereocenters. The molecular formula is C31H54O4. The van der Waals surface area contributed by atoms with E-state index in [-0.39, 0.29) is 24.2 Å². The minimum atomic E-state index is -0.872. The van der Waals surface area contributed by atoms with Crippen molar-refractivity contribution >= 4 is 0 Å². The first-order valence-corrected chi connectivity index (χ1v) is 14.7. The highest BCUT2D eigenvalue weighted by Crippen LogP contribution is 2.67. The van der Waals surface area contributed by atoms with Gasteiger partial charge in [-0.2, -0.15) is 0 Å². The van der Waals surface area contributed by atoms with Gasteiger partial charge in [0.1, 0.15) is 6.10 Å². The Morgan fingerprint density at radius 1 is 1.03 bits per heavy atom. The SMILES string of the molecule is CC(C)[C@@H](O)CC[C@@H](C)[C@H]1CC[C@H]2[C@@H]3CC=C4[C@@H](O)[C@@H](OCC(C)(C)O)CC[C@]4(C)[C@H]3CC[C@]12C. The first-order chi connectivity index (χ1) is 16.3. The third-order valence-electron chi connectivity index (χ3n) is 11.2. The van der Waals surface area contributed by atoms with E-state index in [1.807, 2.05) is 0 Å². The molecule has 35 heavy (non-hydrogen) atoms. The third-order valence-corrected chi connectivity index (χ3v) is 11.2. The minimum absolute atomic E-state index is 0.0728. The van der Waals surface area contributed by atoms with Crippen molar-refractivity contribution in [2.45, 2.75) is 130 Å². The van der Waals surface area contributed by atoms with Crippen LogP contribution in [-0.4, -0.2) is 45.8 Å². The molecule has 0 radical (unpaired) electrons. The van der Waals surface area contributed by atoms with Gasteiger partial charge in [0.25, 0.3) is 0 Å². The van der Waals surface area contributed by atoms with Crippen LogP contribution in [0.3, 0.4) is 0 Å². The maximum absolute atomic E-state index is 11.3. The lowest BCUT2D eigenvalue weighted by Crippen LogP contribution is -2.54. The molecule has 10 atom stereocenters. The van der Waals surface area contributed by atoms with Crippen LogP contribution in [0.1, 0.15) is 106 Å². The van der Waals surface area contributed by atoms with Crippen molar-refractivity contribution < 1.29 is 20.1 Å². The molecule has 3 fully saturated rings. The van der Waals surface area contributed by atoms with Gasteiger partial charge in [-0.05, 0) is 124 Å². The summed E-state index contributed by atoms with van der Waals surface area (Å²) in [4.78, 5) is 0. The molecule has 4 aliphatic rings. The molecule has 4 heteroatoms. The van der Waals surface area contributed by atoms with Gasteiger partial charge in [-0.15, -0.1) is 0 Å². The van der Waals surface area contributed by atoms with Gasteiger partial charge in [0.05, 0.1) is 24.4 Å². The summed E-state index contributed by atoms with van der Waals surface area (Å²) in [5.74, 6) is 3.94. The van der Waals surface area contributed by atoms with Crippen LogP contribution in [0.2, 0.25) is 0 Å². The maximum atomic E-state index is 11.3. The van der Waals surface area contributed by atoms with E-state index >= 15 is 0 Å². The number of hydrogen-bond donors (Lipinski definition) is 3. The van der Waals surface area contributed by atoms with E-state index in [4.69, 9.17) is 4.74 Å². The molecule has 4 rings (SSSR count). The van der Waals surface area contributed by atoms with Crippen LogP contribution in [-0.2, 0) is 4.74 Å². The van der Waals surface area contributed by atoms with E-state index < -0.39 is 11.7 Å². The number of fused-ring (bicyclic) bond motifs is 5. The Morgan fingerprint density at radius 2 is 1.74 bits per heavy atom. The Kier molecular flexibility index (Phi) is 7.92. The van der Waals surface area contributed by atoms with E-state index in [2.05, 4.69) is 40.7 Å². The Balaban J connectivity index is 1.47. The van der Waals surface area contributed by atoms with Gasteiger partial charge in [-0.25, -0.2) is 0 Å². The molecule has 0 aromatic carbocycles. The van der Waals surface area contributed by atoms with Crippen LogP contribution in [0.25, 0.3) is 0 Å². The standard InChI is InChI=1S/C31H54O4/c1-19(2)26(32)13-8-20(3)22-11-12-23-21-9-10-25-28(33)27(35-18-29(4,5)34)15-17-31(25,7)24(21)14-16-30(22,23)6/h10,19-24,26-28,32-34H,8-9,11-18H2,1-7H3/t20-,21+,22-,23+,24+,26+,27+,28-,30-,31-/m1/s1. The predicted molar refractivity (Wildman–Crippen MR) is 142 cm³/mol. The van der Waals surface area contributed by atoms with Crippen molar-refractivity contribution in [3.05, 3.63) is 11.6 Å². The average molecular weight is 491 g/mol. The van der Waals surface area contributed by atoms with Crippen molar-refractivity contribution in [2.24, 2.45) is 46.3 Å². The number of aliphatic hydroxyl groups is 3. The third kappa shape index (κ3) is 5.16. The molecule has 202 valence electrons. The molecule has 0 bridgehead atoms. The highest BCUT2D eigenvalue weighted by molar-refractivity contribution is 5.29. The number of hydrogen-bond acceptors (Lipinski definition) is 4. The molecule has 0 aromatic rings. The van der Waals surface area contributed by atoms with E-state index in [9.17, 15) is 15.3 Å². The average Bonchev–Trinajstić information content (AvgIpc) is 3.13. The Bertz CT molecular complexity index is 768. The normalized spacial score (nSPS) is 43.2. The summed E-state index contributed by atoms with van der Waals surface area (Å²) in [5, 5.41) is 31.8. The van der Waals surface area contributed by atoms with Crippen LogP contribution in [0.5, 0.6) is 0 Å². The topological polar surface area (TPSA) is 69.9 Å². The second kappa shape index (κ2) is 10.0. The minimum Gasteiger partial charge on any atom is -0.393 e. The fourth-order valence-electron chi connectivity index (χ4n) is 9.14. The summed E-state index contributed by atoms with van der Waals surface area (Å²) >= 11 is 0. The monoisotopic (exact) mass is 490 g/mol. The molecule has 0 saturated heterocycles. The summed E-state index contributed by atoms with van der Waals surface area (Å²) in [7, 11) is 0. The lowest BCUT2D eigenvalue weighted by Gasteiger charge is -2.59. The van der Waals surface area contributed by atoms with Gasteiger partial charge in [0.15, 0.2) is 0 Å². The van der Waals surface area contributed by atoms with E-state index in [0.717, 1.165) is 49.9 Å². The molecule has 0 aliphatic heterocycles. The maximum Gasteiger partial charge on any atom is 0.102 e. The first-order valence-electron chi connectivity index (χ1n) is 14.7. The summed E-state index contributed by atoms with van der Waals surface area (Å²) in [6, 6.07) is 0. The molecule has 3 N–H and O–H groups in total. The second-order valence-corrected chi connectivity index (χ2v) is 14.4. The first kappa shape index (κ1) is 27.6. The zero-order valence-corrected chi connectivity index (χ0v) is 23.6. The fraction of sp³-hybridized carbons (Fsp3) is 0.935. The van der Waals surface area contributed by atoms with Crippen LogP contribution in [0.4, 0.5) is 0 Å². The molecule has 4 nitrogen and oxygen atoms in total. The van der Waals surface area contributed by atoms with Crippen molar-refractivity contribution in [1.29, 1.82) is 0 Å². The summed E-state index contributed by atoms with van der Waals surface area (Å²) in [5.41, 5.74) is 0.837. The van der Waals surface area contributed by atoms with Crippen molar-refractivity contribution in [2.75, 3.05) is 6.61 Å². The highest BCUT2D eigenvalue weighted by Gasteiger charge is 2.60. The zero-order valence-electron chi connectivity index (χ0n) is 23.6. The quantitative estimate of drug-likeness (QED) is 0.358. The molecule has 0 aromatic heterocycles. The molecule has 0 amide bonds. The van der Waals surface area contributed by atoms with Gasteiger partial charge in [0, 0.05) is 0 Å². The Hall–Kier alpha value is -0.420. The largest absolute Gasteiger partial charge is 0.393 e. The van der Waals surface area contributed by atoms with Crippen LogP contribution in [0, 0.1) is 46.3 Å². The smallest absolute Gasteiger partial charge is 0.102 e. The molecule has 0 spiro atoms. The summed E-state index contributed by atoms with van der Waals surface area (Å²) < 4.78 is 6.01. The number of aliphatic hydroxyl groups excluding tert-OH is 2. The van der Waals surface area contributed by atoms with Crippen molar-refractivity contribution in [3.8, 4) is 0 Å². The molecule has 0 heterocycles. The second-order valence-electron chi connectivity index (χ2n) is 14.4. The summed E-state index contributed by atoms with van der Waals surface area (Å²) in [6.45, 7) is 15.5. The molecule has 3 saturated carbocycles. The Labute approximate surface area is 214 Å². The molecule has 4 aliphatic carbocycles.